The highest BCUT2D eigenvalue weighted by Gasteiger charge is 2.14. The summed E-state index contributed by atoms with van der Waals surface area (Å²) < 4.78 is 16.0. The summed E-state index contributed by atoms with van der Waals surface area (Å²) >= 11 is 0. The number of carbonyl (C=O) groups is 4. The summed E-state index contributed by atoms with van der Waals surface area (Å²) in [6.45, 7) is 2.64. The normalized spacial score (nSPS) is 12.2. The number of rotatable bonds is 19. The minimum Gasteiger partial charge on any atom is -0.489 e. The molecular weight excluding hydrogens is 486 g/mol. The zero-order chi connectivity index (χ0) is 27.5. The predicted molar refractivity (Wildman–Crippen MR) is 135 cm³/mol. The van der Waals surface area contributed by atoms with Gasteiger partial charge >= 0.3 is 0 Å². The zero-order valence-corrected chi connectivity index (χ0v) is 21.4. The minimum absolute atomic E-state index is 0.0438. The highest BCUT2D eigenvalue weighted by Crippen LogP contribution is 2.13. The number of hydrogen-bond acceptors (Lipinski definition) is 9. The molecule has 37 heavy (non-hydrogen) atoms. The van der Waals surface area contributed by atoms with Crippen molar-refractivity contribution in [2.24, 2.45) is 5.73 Å². The lowest BCUT2D eigenvalue weighted by Crippen LogP contribution is -2.39. The van der Waals surface area contributed by atoms with Crippen LogP contribution in [0.1, 0.15) is 36.5 Å². The number of aliphatic hydroxyl groups is 1. The number of nitrogens with two attached hydrogens (primary N) is 1. The Hall–Kier alpha value is -3.26. The number of aliphatic hydroxyl groups excluding tert-OH is 1. The summed E-state index contributed by atoms with van der Waals surface area (Å²) in [4.78, 5) is 46.2. The molecule has 0 saturated carbocycles. The van der Waals surface area contributed by atoms with E-state index in [-0.39, 0.29) is 63.7 Å². The second-order valence-corrected chi connectivity index (χ2v) is 8.02. The van der Waals surface area contributed by atoms with Gasteiger partial charge in [0.05, 0.1) is 13.2 Å². The van der Waals surface area contributed by atoms with Crippen molar-refractivity contribution in [1.82, 2.24) is 21.3 Å². The van der Waals surface area contributed by atoms with Gasteiger partial charge in [-0.15, -0.1) is 0 Å². The third-order valence-corrected chi connectivity index (χ3v) is 4.87. The van der Waals surface area contributed by atoms with E-state index in [1.807, 2.05) is 0 Å². The van der Waals surface area contributed by atoms with Gasteiger partial charge < -0.3 is 46.3 Å². The van der Waals surface area contributed by atoms with Gasteiger partial charge in [-0.1, -0.05) is 6.07 Å². The van der Waals surface area contributed by atoms with E-state index >= 15 is 0 Å². The van der Waals surface area contributed by atoms with Crippen LogP contribution in [0.15, 0.2) is 24.3 Å². The highest BCUT2D eigenvalue weighted by atomic mass is 16.6. The highest BCUT2D eigenvalue weighted by molar-refractivity contribution is 5.94. The summed E-state index contributed by atoms with van der Waals surface area (Å²) in [5, 5.41) is 20.2. The maximum atomic E-state index is 12.4. The van der Waals surface area contributed by atoms with E-state index < -0.39 is 18.2 Å². The number of likely N-dealkylation sites (N-methyl/N-ethyl adjacent to an activating group) is 1. The van der Waals surface area contributed by atoms with E-state index in [0.717, 1.165) is 0 Å². The molecule has 13 nitrogen and oxygen atoms in total. The van der Waals surface area contributed by atoms with Gasteiger partial charge in [0, 0.05) is 39.2 Å². The van der Waals surface area contributed by atoms with E-state index in [1.165, 1.54) is 14.0 Å². The smallest absolute Gasteiger partial charge is 0.251 e. The molecule has 0 aromatic heterocycles. The molecular formula is C24H39N5O8. The van der Waals surface area contributed by atoms with Crippen molar-refractivity contribution >= 4 is 23.6 Å². The summed E-state index contributed by atoms with van der Waals surface area (Å²) in [5.74, 6) is -0.791. The molecule has 1 rings (SSSR count). The van der Waals surface area contributed by atoms with E-state index in [2.05, 4.69) is 21.3 Å². The number of unbranched alkanes of at least 4 members (excludes halogenated alkanes) is 1. The molecule has 0 radical (unpaired) electrons. The van der Waals surface area contributed by atoms with Crippen LogP contribution in [0, 0.1) is 0 Å². The molecule has 2 atom stereocenters. The largest absolute Gasteiger partial charge is 0.489 e. The molecule has 2 unspecified atom stereocenters. The maximum absolute atomic E-state index is 12.4. The van der Waals surface area contributed by atoms with E-state index in [0.29, 0.717) is 30.7 Å². The number of nitrogens with one attached hydrogen (secondary N) is 4. The molecule has 0 bridgehead atoms. The Morgan fingerprint density at radius 1 is 1.03 bits per heavy atom. The Kier molecular flexibility index (Phi) is 16.3. The Morgan fingerprint density at radius 3 is 2.51 bits per heavy atom. The average molecular weight is 526 g/mol. The fourth-order valence-corrected chi connectivity index (χ4v) is 2.89. The second-order valence-electron chi connectivity index (χ2n) is 8.02. The Balaban J connectivity index is 2.24. The first-order chi connectivity index (χ1) is 17.7. The molecule has 1 aromatic carbocycles. The van der Waals surface area contributed by atoms with Crippen molar-refractivity contribution in [3.8, 4) is 5.75 Å². The van der Waals surface area contributed by atoms with Gasteiger partial charge in [0.2, 0.25) is 17.7 Å². The van der Waals surface area contributed by atoms with E-state index in [1.54, 1.807) is 24.3 Å². The molecule has 0 heterocycles. The molecule has 0 saturated heterocycles. The number of carbonyl (C=O) groups excluding carboxylic acids is 4. The van der Waals surface area contributed by atoms with Crippen LogP contribution in [-0.2, 0) is 23.9 Å². The van der Waals surface area contributed by atoms with Crippen molar-refractivity contribution in [1.29, 1.82) is 0 Å². The molecule has 208 valence electrons. The SMILES string of the molecule is CNC(=O)COCCOC(N)COc1cccc(C(=O)NCCNC(=O)C(O)CCCCNC(C)=O)c1. The summed E-state index contributed by atoms with van der Waals surface area (Å²) in [6.07, 6.45) is -0.333. The van der Waals surface area contributed by atoms with Crippen molar-refractivity contribution in [2.45, 2.75) is 38.5 Å². The molecule has 13 heteroatoms. The van der Waals surface area contributed by atoms with Crippen LogP contribution in [0.3, 0.4) is 0 Å². The van der Waals surface area contributed by atoms with Gasteiger partial charge in [0.1, 0.15) is 31.3 Å². The third-order valence-electron chi connectivity index (χ3n) is 4.87. The fraction of sp³-hybridized carbons (Fsp3) is 0.583. The number of amides is 4. The minimum atomic E-state index is -1.15. The molecule has 1 aromatic rings. The van der Waals surface area contributed by atoms with E-state index in [4.69, 9.17) is 19.9 Å². The van der Waals surface area contributed by atoms with Crippen molar-refractivity contribution in [2.75, 3.05) is 53.1 Å². The van der Waals surface area contributed by atoms with Gasteiger partial charge in [0.15, 0.2) is 0 Å². The first kappa shape index (κ1) is 31.8. The standard InChI is InChI=1S/C24H39N5O8/c1-17(30)27-9-4-3-8-20(31)24(34)29-11-10-28-23(33)18-6-5-7-19(14-18)37-15-21(25)36-13-12-35-16-22(32)26-2/h5-7,14,20-21,31H,3-4,8-13,15-16,25H2,1-2H3,(H,26,32)(H,27,30)(H,28,33)(H,29,34). The van der Waals surface area contributed by atoms with Crippen LogP contribution in [-0.4, -0.2) is 94.2 Å². The van der Waals surface area contributed by atoms with Crippen LogP contribution >= 0.6 is 0 Å². The Morgan fingerprint density at radius 2 is 1.78 bits per heavy atom. The van der Waals surface area contributed by atoms with Gasteiger partial charge in [0.25, 0.3) is 5.91 Å². The predicted octanol–water partition coefficient (Wildman–Crippen LogP) is -1.36. The number of ether oxygens (including phenoxy) is 3. The lowest BCUT2D eigenvalue weighted by atomic mass is 10.1. The first-order valence-corrected chi connectivity index (χ1v) is 12.1. The zero-order valence-electron chi connectivity index (χ0n) is 21.4. The van der Waals surface area contributed by atoms with Gasteiger partial charge in [-0.3, -0.25) is 19.2 Å². The number of benzene rings is 1. The molecule has 4 amide bonds. The van der Waals surface area contributed by atoms with Crippen LogP contribution in [0.2, 0.25) is 0 Å². The quantitative estimate of drug-likeness (QED) is 0.0936. The van der Waals surface area contributed by atoms with Gasteiger partial charge in [-0.05, 0) is 37.5 Å². The van der Waals surface area contributed by atoms with Crippen molar-refractivity contribution in [3.05, 3.63) is 29.8 Å². The molecule has 0 aliphatic heterocycles. The van der Waals surface area contributed by atoms with Crippen molar-refractivity contribution in [3.63, 3.8) is 0 Å². The molecule has 0 fully saturated rings. The lowest BCUT2D eigenvalue weighted by molar-refractivity contribution is -0.129. The Bertz CT molecular complexity index is 854. The Labute approximate surface area is 216 Å². The third kappa shape index (κ3) is 15.5. The molecule has 7 N–H and O–H groups in total. The summed E-state index contributed by atoms with van der Waals surface area (Å²) in [7, 11) is 1.52. The van der Waals surface area contributed by atoms with Crippen LogP contribution in [0.5, 0.6) is 5.75 Å². The molecule has 0 aliphatic rings. The first-order valence-electron chi connectivity index (χ1n) is 12.1. The van der Waals surface area contributed by atoms with Crippen LogP contribution in [0.4, 0.5) is 0 Å². The number of hydrogen-bond donors (Lipinski definition) is 6. The van der Waals surface area contributed by atoms with Gasteiger partial charge in [-0.25, -0.2) is 0 Å². The maximum Gasteiger partial charge on any atom is 0.251 e. The summed E-state index contributed by atoms with van der Waals surface area (Å²) in [6, 6.07) is 6.50. The van der Waals surface area contributed by atoms with Crippen LogP contribution in [0.25, 0.3) is 0 Å². The van der Waals surface area contributed by atoms with Gasteiger partial charge in [-0.2, -0.15) is 0 Å². The monoisotopic (exact) mass is 525 g/mol. The second kappa shape index (κ2) is 18.9. The topological polar surface area (TPSA) is 190 Å². The van der Waals surface area contributed by atoms with E-state index in [9.17, 15) is 24.3 Å². The summed E-state index contributed by atoms with van der Waals surface area (Å²) in [5.41, 5.74) is 6.20. The molecule has 0 spiro atoms. The fourth-order valence-electron chi connectivity index (χ4n) is 2.89. The average Bonchev–Trinajstić information content (AvgIpc) is 2.88. The lowest BCUT2D eigenvalue weighted by Gasteiger charge is -2.15. The van der Waals surface area contributed by atoms with Crippen molar-refractivity contribution < 1.29 is 38.5 Å². The van der Waals surface area contributed by atoms with Crippen LogP contribution < -0.4 is 31.7 Å². The molecule has 0 aliphatic carbocycles.